The summed E-state index contributed by atoms with van der Waals surface area (Å²) in [5.41, 5.74) is 2.11. The number of pyridine rings is 1. The van der Waals surface area contributed by atoms with E-state index in [1.165, 1.54) is 0 Å². The Kier molecular flexibility index (Phi) is 4.79. The van der Waals surface area contributed by atoms with E-state index in [0.717, 1.165) is 16.3 Å². The quantitative estimate of drug-likeness (QED) is 0.331. The zero-order valence-electron chi connectivity index (χ0n) is 15.7. The van der Waals surface area contributed by atoms with Crippen LogP contribution in [0.1, 0.15) is 5.56 Å². The highest BCUT2D eigenvalue weighted by molar-refractivity contribution is 5.85. The largest absolute Gasteiger partial charge is 0.454 e. The summed E-state index contributed by atoms with van der Waals surface area (Å²) in [6, 6.07) is 17.3. The maximum atomic E-state index is 9.48. The Balaban J connectivity index is 1.84. The van der Waals surface area contributed by atoms with Crippen molar-refractivity contribution in [2.45, 2.75) is 0 Å². The molecule has 2 aromatic heterocycles. The highest BCUT2D eigenvalue weighted by Gasteiger charge is 2.09. The number of fused-ring (bicyclic) bond motifs is 2. The van der Waals surface area contributed by atoms with Crippen LogP contribution in [0.3, 0.4) is 0 Å². The topological polar surface area (TPSA) is 61.9 Å². The van der Waals surface area contributed by atoms with Gasteiger partial charge in [0.25, 0.3) is 0 Å². The van der Waals surface area contributed by atoms with Gasteiger partial charge in [0.2, 0.25) is 0 Å². The molecule has 0 bridgehead atoms. The number of benzene rings is 2. The Morgan fingerprint density at radius 3 is 2.68 bits per heavy atom. The second kappa shape index (κ2) is 7.55. The molecule has 1 N–H and O–H groups in total. The Hall–Kier alpha value is -3.62. The SMILES string of the molecule is CN(C)CC#Cc1ccc2/c(=N\O)cc(-c3cc4ccccc4cn3)oc2c1. The lowest BCUT2D eigenvalue weighted by Gasteiger charge is -2.06. The molecule has 0 saturated heterocycles. The van der Waals surface area contributed by atoms with Crippen molar-refractivity contribution in [1.29, 1.82) is 0 Å². The van der Waals surface area contributed by atoms with Gasteiger partial charge in [-0.3, -0.25) is 9.88 Å². The minimum absolute atomic E-state index is 0.430. The van der Waals surface area contributed by atoms with E-state index in [2.05, 4.69) is 22.0 Å². The molecule has 0 atom stereocenters. The molecule has 0 unspecified atom stereocenters. The second-order valence-electron chi connectivity index (χ2n) is 6.76. The van der Waals surface area contributed by atoms with Crippen molar-refractivity contribution < 1.29 is 9.62 Å². The summed E-state index contributed by atoms with van der Waals surface area (Å²) in [6.07, 6.45) is 1.81. The molecule has 0 saturated carbocycles. The zero-order chi connectivity index (χ0) is 19.5. The van der Waals surface area contributed by atoms with Crippen LogP contribution in [0.25, 0.3) is 33.2 Å². The van der Waals surface area contributed by atoms with Crippen LogP contribution < -0.4 is 5.36 Å². The van der Waals surface area contributed by atoms with Gasteiger partial charge in [-0.25, -0.2) is 0 Å². The van der Waals surface area contributed by atoms with Gasteiger partial charge in [-0.05, 0) is 43.7 Å². The molecule has 0 aliphatic heterocycles. The van der Waals surface area contributed by atoms with Crippen LogP contribution in [0.5, 0.6) is 0 Å². The normalized spacial score (nSPS) is 11.8. The summed E-state index contributed by atoms with van der Waals surface area (Å²) < 4.78 is 6.10. The first-order valence-electron chi connectivity index (χ1n) is 8.89. The van der Waals surface area contributed by atoms with E-state index in [0.29, 0.717) is 34.3 Å². The highest BCUT2D eigenvalue weighted by atomic mass is 16.4. The molecular weight excluding hydrogens is 350 g/mol. The third-order valence-corrected chi connectivity index (χ3v) is 4.36. The maximum absolute atomic E-state index is 9.48. The molecule has 0 aliphatic carbocycles. The molecule has 2 aromatic carbocycles. The number of nitrogens with zero attached hydrogens (tertiary/aromatic N) is 3. The van der Waals surface area contributed by atoms with Crippen LogP contribution in [-0.4, -0.2) is 35.7 Å². The smallest absolute Gasteiger partial charge is 0.155 e. The minimum Gasteiger partial charge on any atom is -0.454 e. The van der Waals surface area contributed by atoms with Crippen molar-refractivity contribution in [1.82, 2.24) is 9.88 Å². The number of rotatable bonds is 2. The first kappa shape index (κ1) is 17.8. The summed E-state index contributed by atoms with van der Waals surface area (Å²) in [6.45, 7) is 0.674. The van der Waals surface area contributed by atoms with Gasteiger partial charge in [0.1, 0.15) is 16.6 Å². The predicted octanol–water partition coefficient (Wildman–Crippen LogP) is 3.85. The third-order valence-electron chi connectivity index (χ3n) is 4.36. The molecule has 2 heterocycles. The number of aromatic nitrogens is 1. The molecule has 0 amide bonds. The van der Waals surface area contributed by atoms with Crippen LogP contribution in [-0.2, 0) is 0 Å². The van der Waals surface area contributed by atoms with Gasteiger partial charge in [-0.2, -0.15) is 0 Å². The van der Waals surface area contributed by atoms with E-state index >= 15 is 0 Å². The molecule has 4 aromatic rings. The Labute approximate surface area is 162 Å². The van der Waals surface area contributed by atoms with E-state index in [9.17, 15) is 5.21 Å². The monoisotopic (exact) mass is 369 g/mol. The summed E-state index contributed by atoms with van der Waals surface area (Å²) in [5, 5.41) is 16.2. The van der Waals surface area contributed by atoms with Gasteiger partial charge in [0.05, 0.1) is 6.54 Å². The van der Waals surface area contributed by atoms with Crippen LogP contribution in [0.4, 0.5) is 0 Å². The molecule has 0 radical (unpaired) electrons. The molecular formula is C23H19N3O2. The molecule has 5 nitrogen and oxygen atoms in total. The van der Waals surface area contributed by atoms with Crippen LogP contribution in [0.2, 0.25) is 0 Å². The lowest BCUT2D eigenvalue weighted by atomic mass is 10.1. The van der Waals surface area contributed by atoms with E-state index in [-0.39, 0.29) is 0 Å². The lowest BCUT2D eigenvalue weighted by Crippen LogP contribution is -2.10. The first-order valence-corrected chi connectivity index (χ1v) is 8.89. The summed E-state index contributed by atoms with van der Waals surface area (Å²) >= 11 is 0. The first-order chi connectivity index (χ1) is 13.6. The van der Waals surface area contributed by atoms with Crippen molar-refractivity contribution >= 4 is 21.7 Å². The van der Waals surface area contributed by atoms with E-state index in [4.69, 9.17) is 4.42 Å². The summed E-state index contributed by atoms with van der Waals surface area (Å²) in [5.74, 6) is 6.77. The summed E-state index contributed by atoms with van der Waals surface area (Å²) in [7, 11) is 3.95. The standard InChI is InChI=1S/C23H19N3O2/c1-26(2)11-5-6-16-9-10-19-20(25-27)14-23(28-22(19)12-16)21-13-17-7-3-4-8-18(17)15-24-21/h3-4,7-10,12-15,27H,11H2,1-2H3/b25-20-. The van der Waals surface area contributed by atoms with Crippen LogP contribution in [0.15, 0.2) is 70.4 Å². The number of hydrogen-bond donors (Lipinski definition) is 1. The van der Waals surface area contributed by atoms with Crippen molar-refractivity contribution in [3.05, 3.63) is 71.7 Å². The van der Waals surface area contributed by atoms with E-state index < -0.39 is 0 Å². The fourth-order valence-electron chi connectivity index (χ4n) is 2.97. The number of hydrogen-bond acceptors (Lipinski definition) is 5. The van der Waals surface area contributed by atoms with Gasteiger partial charge in [0, 0.05) is 28.6 Å². The van der Waals surface area contributed by atoms with E-state index in [1.807, 2.05) is 73.7 Å². The Morgan fingerprint density at radius 1 is 1.07 bits per heavy atom. The van der Waals surface area contributed by atoms with Gasteiger partial charge in [-0.1, -0.05) is 41.3 Å². The van der Waals surface area contributed by atoms with Gasteiger partial charge >= 0.3 is 0 Å². The molecule has 0 aliphatic rings. The van der Waals surface area contributed by atoms with Crippen LogP contribution in [0, 0.1) is 11.8 Å². The van der Waals surface area contributed by atoms with Crippen LogP contribution >= 0.6 is 0 Å². The predicted molar refractivity (Wildman–Crippen MR) is 110 cm³/mol. The van der Waals surface area contributed by atoms with Gasteiger partial charge in [0.15, 0.2) is 5.76 Å². The van der Waals surface area contributed by atoms with Crippen molar-refractivity contribution in [3.63, 3.8) is 0 Å². The fourth-order valence-corrected chi connectivity index (χ4v) is 2.97. The third kappa shape index (κ3) is 3.59. The molecule has 138 valence electrons. The highest BCUT2D eigenvalue weighted by Crippen LogP contribution is 2.24. The Morgan fingerprint density at radius 2 is 1.89 bits per heavy atom. The fraction of sp³-hybridized carbons (Fsp3) is 0.130. The van der Waals surface area contributed by atoms with Gasteiger partial charge < -0.3 is 9.62 Å². The average Bonchev–Trinajstić information content (AvgIpc) is 2.72. The molecule has 0 fully saturated rings. The minimum atomic E-state index is 0.430. The van der Waals surface area contributed by atoms with Crippen molar-refractivity contribution in [3.8, 4) is 23.3 Å². The lowest BCUT2D eigenvalue weighted by molar-refractivity contribution is 0.302. The van der Waals surface area contributed by atoms with Crippen molar-refractivity contribution in [2.24, 2.45) is 5.16 Å². The zero-order valence-corrected chi connectivity index (χ0v) is 15.7. The molecule has 5 heteroatoms. The average molecular weight is 369 g/mol. The van der Waals surface area contributed by atoms with Gasteiger partial charge in [-0.15, -0.1) is 0 Å². The van der Waals surface area contributed by atoms with Crippen molar-refractivity contribution in [2.75, 3.05) is 20.6 Å². The Bertz CT molecular complexity index is 1290. The summed E-state index contributed by atoms with van der Waals surface area (Å²) in [4.78, 5) is 6.50. The maximum Gasteiger partial charge on any atom is 0.155 e. The molecule has 28 heavy (non-hydrogen) atoms. The molecule has 0 spiro atoms. The second-order valence-corrected chi connectivity index (χ2v) is 6.76. The van der Waals surface area contributed by atoms with E-state index in [1.54, 1.807) is 6.07 Å². The molecule has 4 rings (SSSR count).